The van der Waals surface area contributed by atoms with Crippen molar-refractivity contribution in [2.75, 3.05) is 6.61 Å². The van der Waals surface area contributed by atoms with Gasteiger partial charge in [0.1, 0.15) is 17.4 Å². The highest BCUT2D eigenvalue weighted by atomic mass is 32.2. The van der Waals surface area contributed by atoms with Crippen molar-refractivity contribution >= 4 is 39.8 Å². The van der Waals surface area contributed by atoms with Gasteiger partial charge in [0.05, 0.1) is 11.3 Å². The van der Waals surface area contributed by atoms with E-state index < -0.39 is 5.91 Å². The molecule has 2 aromatic carbocycles. The first-order valence-electron chi connectivity index (χ1n) is 11.3. The summed E-state index contributed by atoms with van der Waals surface area (Å²) in [6.45, 7) is 8.50. The lowest BCUT2D eigenvalue weighted by molar-refractivity contribution is -0.114. The molecule has 1 N–H and O–H groups in total. The van der Waals surface area contributed by atoms with E-state index in [0.29, 0.717) is 10.2 Å². The number of hydrazone groups is 1. The molecule has 0 bridgehead atoms. The van der Waals surface area contributed by atoms with Crippen molar-refractivity contribution in [3.63, 3.8) is 0 Å². The van der Waals surface area contributed by atoms with Crippen molar-refractivity contribution in [1.82, 2.24) is 9.58 Å². The third-order valence-corrected chi connectivity index (χ3v) is 6.92. The van der Waals surface area contributed by atoms with E-state index in [1.807, 2.05) is 50.2 Å². The van der Waals surface area contributed by atoms with Gasteiger partial charge < -0.3 is 9.30 Å². The molecule has 1 aromatic heterocycles. The van der Waals surface area contributed by atoms with E-state index >= 15 is 0 Å². The number of carbonyl (C=O) groups excluding carboxylic acids is 1. The zero-order valence-corrected chi connectivity index (χ0v) is 20.8. The Morgan fingerprint density at radius 3 is 2.46 bits per heavy atom. The molecule has 8 heteroatoms. The van der Waals surface area contributed by atoms with Gasteiger partial charge in [0.15, 0.2) is 5.84 Å². The molecule has 0 saturated heterocycles. The van der Waals surface area contributed by atoms with Gasteiger partial charge in [-0.15, -0.1) is 0 Å². The summed E-state index contributed by atoms with van der Waals surface area (Å²) < 4.78 is 7.97. The van der Waals surface area contributed by atoms with Gasteiger partial charge >= 0.3 is 0 Å². The summed E-state index contributed by atoms with van der Waals surface area (Å²) in [7, 11) is 0. The summed E-state index contributed by atoms with van der Waals surface area (Å²) in [5, 5.41) is 15.6. The molecule has 7 nitrogen and oxygen atoms in total. The molecular formula is C27H25N5O2S. The van der Waals surface area contributed by atoms with E-state index in [1.165, 1.54) is 27.9 Å². The van der Waals surface area contributed by atoms with Gasteiger partial charge in [-0.05, 0) is 80.4 Å². The van der Waals surface area contributed by atoms with Gasteiger partial charge in [-0.2, -0.15) is 15.1 Å². The second kappa shape index (κ2) is 9.03. The van der Waals surface area contributed by atoms with Crippen LogP contribution in [-0.4, -0.2) is 38.1 Å². The van der Waals surface area contributed by atoms with Crippen LogP contribution in [0.1, 0.15) is 28.1 Å². The standard InChI is InChI=1S/C27H25N5O2S/c1-16-9-8-10-17(2)24(16)31-18(3)13-20(19(31)4)14-22-25(28)32-27(29-26(22)33)35-23(30-32)15-34-21-11-6-5-7-12-21/h5-14,28H,15H2,1-4H3/b22-14-,28-25?. The molecular weight excluding hydrogens is 458 g/mol. The number of aryl methyl sites for hydroxylation is 3. The first kappa shape index (κ1) is 22.9. The third kappa shape index (κ3) is 4.21. The largest absolute Gasteiger partial charge is 0.487 e. The zero-order valence-electron chi connectivity index (χ0n) is 20.0. The first-order chi connectivity index (χ1) is 16.8. The molecule has 2 aliphatic heterocycles. The molecule has 3 aromatic rings. The maximum atomic E-state index is 12.9. The molecule has 3 heterocycles. The average Bonchev–Trinajstić information content (AvgIpc) is 3.36. The summed E-state index contributed by atoms with van der Waals surface area (Å²) in [4.78, 5) is 17.1. The number of benzene rings is 2. The lowest BCUT2D eigenvalue weighted by Crippen LogP contribution is -2.35. The lowest BCUT2D eigenvalue weighted by Gasteiger charge is -2.20. The second-order valence-electron chi connectivity index (χ2n) is 8.52. The van der Waals surface area contributed by atoms with Crippen LogP contribution in [0, 0.1) is 33.1 Å². The molecule has 2 aliphatic rings. The number of ether oxygens (including phenoxy) is 1. The van der Waals surface area contributed by atoms with E-state index in [2.05, 4.69) is 46.7 Å². The highest BCUT2D eigenvalue weighted by molar-refractivity contribution is 8.27. The molecule has 5 rings (SSSR count). The Morgan fingerprint density at radius 1 is 1.03 bits per heavy atom. The van der Waals surface area contributed by atoms with Crippen LogP contribution in [0.5, 0.6) is 5.75 Å². The van der Waals surface area contributed by atoms with Crippen LogP contribution in [0.2, 0.25) is 0 Å². The number of hydrogen-bond acceptors (Lipinski definition) is 5. The van der Waals surface area contributed by atoms with E-state index in [1.54, 1.807) is 6.08 Å². The number of thioether (sulfide) groups is 1. The highest BCUT2D eigenvalue weighted by Crippen LogP contribution is 2.31. The van der Waals surface area contributed by atoms with E-state index in [-0.39, 0.29) is 18.0 Å². The Kier molecular flexibility index (Phi) is 5.90. The van der Waals surface area contributed by atoms with Gasteiger partial charge in [-0.3, -0.25) is 10.2 Å². The van der Waals surface area contributed by atoms with Crippen LogP contribution in [0.4, 0.5) is 0 Å². The van der Waals surface area contributed by atoms with Crippen molar-refractivity contribution < 1.29 is 9.53 Å². The number of fused-ring (bicyclic) bond motifs is 1. The number of nitrogens with one attached hydrogen (secondary N) is 1. The van der Waals surface area contributed by atoms with Crippen LogP contribution in [0.25, 0.3) is 11.8 Å². The maximum absolute atomic E-state index is 12.9. The van der Waals surface area contributed by atoms with Gasteiger partial charge in [-0.1, -0.05) is 36.4 Å². The van der Waals surface area contributed by atoms with Crippen molar-refractivity contribution in [2.45, 2.75) is 27.7 Å². The number of para-hydroxylation sites is 2. The zero-order chi connectivity index (χ0) is 24.7. The van der Waals surface area contributed by atoms with Gasteiger partial charge in [0.2, 0.25) is 5.17 Å². The Labute approximate surface area is 208 Å². The van der Waals surface area contributed by atoms with E-state index in [0.717, 1.165) is 28.4 Å². The molecule has 0 spiro atoms. The summed E-state index contributed by atoms with van der Waals surface area (Å²) in [6, 6.07) is 17.7. The second-order valence-corrected chi connectivity index (χ2v) is 9.56. The number of amidine groups is 2. The van der Waals surface area contributed by atoms with Crippen molar-refractivity contribution in [3.05, 3.63) is 88.2 Å². The minimum Gasteiger partial charge on any atom is -0.487 e. The number of carbonyl (C=O) groups is 1. The molecule has 0 atom stereocenters. The number of aliphatic imine (C=N–C) groups is 1. The fraction of sp³-hybridized carbons (Fsp3) is 0.185. The molecule has 1 amide bonds. The minimum absolute atomic E-state index is 0.0130. The van der Waals surface area contributed by atoms with Gasteiger partial charge in [0.25, 0.3) is 5.91 Å². The van der Waals surface area contributed by atoms with Gasteiger partial charge in [0, 0.05) is 11.4 Å². The Bertz CT molecular complexity index is 1430. The van der Waals surface area contributed by atoms with E-state index in [9.17, 15) is 4.79 Å². The van der Waals surface area contributed by atoms with Crippen LogP contribution in [-0.2, 0) is 4.79 Å². The Hall–Kier alpha value is -3.91. The SMILES string of the molecule is Cc1cccc(C)c1-n1c(C)cc(/C=C2/C(=N)N3N=C(COc4ccccc4)SC3=NC2=O)c1C. The minimum atomic E-state index is -0.439. The molecule has 0 aliphatic carbocycles. The quantitative estimate of drug-likeness (QED) is 0.492. The Morgan fingerprint density at radius 2 is 1.74 bits per heavy atom. The molecule has 0 unspecified atom stereocenters. The predicted molar refractivity (Wildman–Crippen MR) is 142 cm³/mol. The number of nitrogens with zero attached hydrogens (tertiary/aromatic N) is 4. The average molecular weight is 484 g/mol. The fourth-order valence-corrected chi connectivity index (χ4v) is 5.14. The number of hydrogen-bond donors (Lipinski definition) is 1. The van der Waals surface area contributed by atoms with Crippen molar-refractivity contribution in [3.8, 4) is 11.4 Å². The van der Waals surface area contributed by atoms with Gasteiger partial charge in [-0.25, -0.2) is 0 Å². The maximum Gasteiger partial charge on any atom is 0.283 e. The van der Waals surface area contributed by atoms with E-state index in [4.69, 9.17) is 10.1 Å². The Balaban J connectivity index is 1.44. The summed E-state index contributed by atoms with van der Waals surface area (Å²) in [6.07, 6.45) is 1.75. The van der Waals surface area contributed by atoms with Crippen LogP contribution in [0.15, 0.2) is 70.3 Å². The summed E-state index contributed by atoms with van der Waals surface area (Å²) >= 11 is 1.25. The molecule has 0 radical (unpaired) electrons. The number of amides is 1. The highest BCUT2D eigenvalue weighted by Gasteiger charge is 2.36. The van der Waals surface area contributed by atoms with Crippen LogP contribution < -0.4 is 4.74 Å². The predicted octanol–water partition coefficient (Wildman–Crippen LogP) is 5.41. The molecule has 35 heavy (non-hydrogen) atoms. The molecule has 0 fully saturated rings. The third-order valence-electron chi connectivity index (χ3n) is 6.04. The monoisotopic (exact) mass is 483 g/mol. The van der Waals surface area contributed by atoms with Crippen molar-refractivity contribution in [2.24, 2.45) is 10.1 Å². The number of aromatic nitrogens is 1. The van der Waals surface area contributed by atoms with Crippen LogP contribution >= 0.6 is 11.8 Å². The lowest BCUT2D eigenvalue weighted by atomic mass is 10.1. The summed E-state index contributed by atoms with van der Waals surface area (Å²) in [5.74, 6) is 0.304. The fourth-order valence-electron chi connectivity index (χ4n) is 4.34. The van der Waals surface area contributed by atoms with Crippen molar-refractivity contribution in [1.29, 1.82) is 5.41 Å². The smallest absolute Gasteiger partial charge is 0.283 e. The molecule has 176 valence electrons. The topological polar surface area (TPSA) is 83.0 Å². The summed E-state index contributed by atoms with van der Waals surface area (Å²) in [5.41, 5.74) is 6.64. The first-order valence-corrected chi connectivity index (χ1v) is 12.1. The number of rotatable bonds is 5. The van der Waals surface area contributed by atoms with Crippen LogP contribution in [0.3, 0.4) is 0 Å². The molecule has 0 saturated carbocycles. The normalized spacial score (nSPS) is 16.5.